The van der Waals surface area contributed by atoms with Gasteiger partial charge in [0.1, 0.15) is 11.6 Å². The smallest absolute Gasteiger partial charge is 0.338 e. The number of carboxylic acids is 1. The molecule has 9 heteroatoms. The van der Waals surface area contributed by atoms with Crippen LogP contribution in [0.2, 0.25) is 5.02 Å². The first-order valence-corrected chi connectivity index (χ1v) is 10.6. The Hall–Kier alpha value is -3.96. The average molecular weight is 483 g/mol. The minimum atomic E-state index is -1.40. The first kappa shape index (κ1) is 24.7. The van der Waals surface area contributed by atoms with Gasteiger partial charge in [-0.2, -0.15) is 5.26 Å². The highest BCUT2D eigenvalue weighted by atomic mass is 35.5. The number of nitriles is 1. The number of carboxylic acid groups (broad SMARTS) is 1. The van der Waals surface area contributed by atoms with E-state index in [9.17, 15) is 24.0 Å². The molecule has 1 atom stereocenters. The number of nitrogens with zero attached hydrogens (tertiary/aromatic N) is 2. The van der Waals surface area contributed by atoms with Gasteiger partial charge in [-0.15, -0.1) is 0 Å². The molecule has 0 fully saturated rings. The number of ether oxygens (including phenoxy) is 1. The standard InChI is InChI=1S/C25H20ClFN2O5/c1-3-21(22(30)9-14-4-7-17(25(32)33)20(27)8-14)29-13-23(34-2)19(11-24(29)31)18-10-16(26)6-5-15(18)12-28/h4-8,10-11,13,21H,3,9H2,1-2H3,(H,32,33). The Labute approximate surface area is 199 Å². The van der Waals surface area contributed by atoms with Crippen LogP contribution in [0.4, 0.5) is 4.39 Å². The SMILES string of the molecule is CCC(C(=O)Cc1ccc(C(=O)O)c(F)c1)n1cc(OC)c(-c2cc(Cl)ccc2C#N)cc1=O. The molecule has 1 aromatic heterocycles. The van der Waals surface area contributed by atoms with Crippen LogP contribution in [0, 0.1) is 17.1 Å². The first-order valence-electron chi connectivity index (χ1n) is 10.2. The fourth-order valence-corrected chi connectivity index (χ4v) is 3.89. The van der Waals surface area contributed by atoms with Gasteiger partial charge in [-0.3, -0.25) is 9.59 Å². The van der Waals surface area contributed by atoms with Crippen molar-refractivity contribution in [2.75, 3.05) is 7.11 Å². The number of hydrogen-bond acceptors (Lipinski definition) is 5. The summed E-state index contributed by atoms with van der Waals surface area (Å²) in [4.78, 5) is 37.0. The van der Waals surface area contributed by atoms with E-state index in [1.54, 1.807) is 19.1 Å². The summed E-state index contributed by atoms with van der Waals surface area (Å²) in [6, 6.07) is 10.6. The molecule has 0 saturated carbocycles. The average Bonchev–Trinajstić information content (AvgIpc) is 2.80. The van der Waals surface area contributed by atoms with Crippen LogP contribution in [-0.2, 0) is 11.2 Å². The Morgan fingerprint density at radius 2 is 1.94 bits per heavy atom. The summed E-state index contributed by atoms with van der Waals surface area (Å²) in [6.45, 7) is 1.73. The molecular weight excluding hydrogens is 463 g/mol. The van der Waals surface area contributed by atoms with Crippen LogP contribution in [0.5, 0.6) is 5.75 Å². The first-order chi connectivity index (χ1) is 16.2. The van der Waals surface area contributed by atoms with Crippen molar-refractivity contribution in [2.45, 2.75) is 25.8 Å². The normalized spacial score (nSPS) is 11.5. The molecule has 1 N–H and O–H groups in total. The molecule has 0 amide bonds. The number of ketones is 1. The summed E-state index contributed by atoms with van der Waals surface area (Å²) in [5.74, 6) is -2.44. The van der Waals surface area contributed by atoms with Crippen LogP contribution < -0.4 is 10.3 Å². The Kier molecular flexibility index (Phi) is 7.49. The molecule has 2 aromatic carbocycles. The molecule has 3 aromatic rings. The predicted octanol–water partition coefficient (Wildman–Crippen LogP) is 4.65. The third kappa shape index (κ3) is 5.00. The van der Waals surface area contributed by atoms with E-state index in [0.29, 0.717) is 27.3 Å². The van der Waals surface area contributed by atoms with Gasteiger partial charge in [-0.25, -0.2) is 9.18 Å². The van der Waals surface area contributed by atoms with Gasteiger partial charge in [0.15, 0.2) is 5.78 Å². The van der Waals surface area contributed by atoms with Crippen LogP contribution in [0.15, 0.2) is 53.5 Å². The number of carbonyl (C=O) groups excluding carboxylic acids is 1. The molecule has 0 saturated heterocycles. The van der Waals surface area contributed by atoms with Gasteiger partial charge in [-0.05, 0) is 42.3 Å². The zero-order chi connectivity index (χ0) is 25.0. The number of benzene rings is 2. The van der Waals surface area contributed by atoms with Gasteiger partial charge in [0, 0.05) is 28.6 Å². The summed E-state index contributed by atoms with van der Waals surface area (Å²) in [5, 5.41) is 18.8. The monoisotopic (exact) mass is 482 g/mol. The summed E-state index contributed by atoms with van der Waals surface area (Å²) in [7, 11) is 1.40. The maximum Gasteiger partial charge on any atom is 0.338 e. The number of hydrogen-bond donors (Lipinski definition) is 1. The number of pyridine rings is 1. The fraction of sp³-hybridized carbons (Fsp3) is 0.200. The van der Waals surface area contributed by atoms with Gasteiger partial charge < -0.3 is 14.4 Å². The van der Waals surface area contributed by atoms with Gasteiger partial charge in [-0.1, -0.05) is 24.6 Å². The molecule has 0 aliphatic carbocycles. The Balaban J connectivity index is 2.00. The number of aromatic nitrogens is 1. The maximum absolute atomic E-state index is 14.0. The predicted molar refractivity (Wildman–Crippen MR) is 124 cm³/mol. The summed E-state index contributed by atoms with van der Waals surface area (Å²) in [5.41, 5.74) is 0.390. The summed E-state index contributed by atoms with van der Waals surface area (Å²) < 4.78 is 20.7. The highest BCUT2D eigenvalue weighted by Crippen LogP contribution is 2.33. The van der Waals surface area contributed by atoms with E-state index in [4.69, 9.17) is 21.4 Å². The number of carbonyl (C=O) groups is 2. The maximum atomic E-state index is 14.0. The van der Waals surface area contributed by atoms with Crippen molar-refractivity contribution >= 4 is 23.4 Å². The second-order valence-electron chi connectivity index (χ2n) is 7.49. The second kappa shape index (κ2) is 10.3. The van der Waals surface area contributed by atoms with Crippen molar-refractivity contribution in [2.24, 2.45) is 0 Å². The van der Waals surface area contributed by atoms with Crippen LogP contribution in [0.1, 0.15) is 40.9 Å². The number of Topliss-reactive ketones (excluding diaryl/α,β-unsaturated/α-hetero) is 1. The zero-order valence-electron chi connectivity index (χ0n) is 18.3. The number of methoxy groups -OCH3 is 1. The zero-order valence-corrected chi connectivity index (χ0v) is 19.1. The number of halogens is 2. The minimum absolute atomic E-state index is 0.196. The molecule has 3 rings (SSSR count). The van der Waals surface area contributed by atoms with Crippen LogP contribution in [0.3, 0.4) is 0 Å². The molecular formula is C25H20ClFN2O5. The Morgan fingerprint density at radius 1 is 1.21 bits per heavy atom. The van der Waals surface area contributed by atoms with E-state index in [2.05, 4.69) is 6.07 Å². The lowest BCUT2D eigenvalue weighted by Gasteiger charge is -2.20. The topological polar surface area (TPSA) is 109 Å². The third-order valence-electron chi connectivity index (χ3n) is 5.39. The molecule has 7 nitrogen and oxygen atoms in total. The Morgan fingerprint density at radius 3 is 2.53 bits per heavy atom. The van der Waals surface area contributed by atoms with Gasteiger partial charge >= 0.3 is 5.97 Å². The molecule has 0 aliphatic heterocycles. The molecule has 1 heterocycles. The van der Waals surface area contributed by atoms with Crippen molar-refractivity contribution in [1.82, 2.24) is 4.57 Å². The van der Waals surface area contributed by atoms with Gasteiger partial charge in [0.05, 0.1) is 36.5 Å². The molecule has 0 bridgehead atoms. The van der Waals surface area contributed by atoms with E-state index in [-0.39, 0.29) is 24.4 Å². The second-order valence-corrected chi connectivity index (χ2v) is 7.93. The highest BCUT2D eigenvalue weighted by Gasteiger charge is 2.23. The van der Waals surface area contributed by atoms with Crippen LogP contribution >= 0.6 is 11.6 Å². The Bertz CT molecular complexity index is 1380. The molecule has 0 radical (unpaired) electrons. The van der Waals surface area contributed by atoms with E-state index < -0.39 is 29.0 Å². The van der Waals surface area contributed by atoms with Crippen molar-refractivity contribution in [3.8, 4) is 22.9 Å². The molecule has 1 unspecified atom stereocenters. The van der Waals surface area contributed by atoms with E-state index >= 15 is 0 Å². The van der Waals surface area contributed by atoms with Crippen molar-refractivity contribution in [1.29, 1.82) is 5.26 Å². The number of aromatic carboxylic acids is 1. The quantitative estimate of drug-likeness (QED) is 0.500. The van der Waals surface area contributed by atoms with Gasteiger partial charge in [0.25, 0.3) is 5.56 Å². The lowest BCUT2D eigenvalue weighted by molar-refractivity contribution is -0.121. The van der Waals surface area contributed by atoms with E-state index in [0.717, 1.165) is 12.1 Å². The van der Waals surface area contributed by atoms with Crippen LogP contribution in [-0.4, -0.2) is 28.5 Å². The van der Waals surface area contributed by atoms with Crippen molar-refractivity contribution < 1.29 is 23.8 Å². The minimum Gasteiger partial charge on any atom is -0.495 e. The highest BCUT2D eigenvalue weighted by molar-refractivity contribution is 6.31. The molecule has 34 heavy (non-hydrogen) atoms. The fourth-order valence-electron chi connectivity index (χ4n) is 3.72. The van der Waals surface area contributed by atoms with E-state index in [1.165, 1.54) is 36.1 Å². The third-order valence-corrected chi connectivity index (χ3v) is 5.63. The largest absolute Gasteiger partial charge is 0.495 e. The molecule has 174 valence electrons. The number of rotatable bonds is 8. The summed E-state index contributed by atoms with van der Waals surface area (Å²) >= 11 is 6.08. The lowest BCUT2D eigenvalue weighted by Crippen LogP contribution is -2.30. The van der Waals surface area contributed by atoms with Crippen molar-refractivity contribution in [3.63, 3.8) is 0 Å². The van der Waals surface area contributed by atoms with Crippen molar-refractivity contribution in [3.05, 3.63) is 86.5 Å². The lowest BCUT2D eigenvalue weighted by atomic mass is 9.98. The van der Waals surface area contributed by atoms with Crippen LogP contribution in [0.25, 0.3) is 11.1 Å². The van der Waals surface area contributed by atoms with Gasteiger partial charge in [0.2, 0.25) is 0 Å². The summed E-state index contributed by atoms with van der Waals surface area (Å²) in [6.07, 6.45) is 1.48. The molecule has 0 aliphatic rings. The molecule has 0 spiro atoms. The van der Waals surface area contributed by atoms with E-state index in [1.807, 2.05) is 0 Å².